The van der Waals surface area contributed by atoms with Crippen LogP contribution in [-0.2, 0) is 11.3 Å². The molecule has 1 rings (SSSR count). The van der Waals surface area contributed by atoms with E-state index in [1.807, 2.05) is 20.8 Å². The van der Waals surface area contributed by atoms with Gasteiger partial charge in [-0.25, -0.2) is 9.78 Å². The fourth-order valence-corrected chi connectivity index (χ4v) is 2.17. The zero-order valence-electron chi connectivity index (χ0n) is 11.7. The fraction of sp³-hybridized carbons (Fsp3) is 0.667. The molecule has 1 aromatic heterocycles. The predicted molar refractivity (Wildman–Crippen MR) is 77.7 cm³/mol. The molecule has 1 aromatic rings. The second kappa shape index (κ2) is 7.07. The predicted octanol–water partition coefficient (Wildman–Crippen LogP) is 2.75. The summed E-state index contributed by atoms with van der Waals surface area (Å²) in [6, 6.07) is 0. The third kappa shape index (κ3) is 6.75. The van der Waals surface area contributed by atoms with Crippen molar-refractivity contribution in [3.8, 4) is 0 Å². The number of nitrogens with zero attached hydrogens (tertiary/aromatic N) is 2. The lowest BCUT2D eigenvalue weighted by Gasteiger charge is -2.24. The highest BCUT2D eigenvalue weighted by Gasteiger charge is 2.18. The lowest BCUT2D eigenvalue weighted by molar-refractivity contribution is 0.0300. The number of carbonyl (C=O) groups excluding carboxylic acids is 1. The molecule has 1 amide bonds. The largest absolute Gasteiger partial charge is 0.444 e. The van der Waals surface area contributed by atoms with Crippen LogP contribution in [0.1, 0.15) is 25.8 Å². The van der Waals surface area contributed by atoms with Crippen LogP contribution < -0.4 is 5.32 Å². The average molecular weight is 306 g/mol. The Bertz CT molecular complexity index is 417. The van der Waals surface area contributed by atoms with E-state index in [0.29, 0.717) is 24.0 Å². The van der Waals surface area contributed by atoms with E-state index in [4.69, 9.17) is 16.3 Å². The van der Waals surface area contributed by atoms with E-state index in [1.54, 1.807) is 18.1 Å². The number of ether oxygens (including phenoxy) is 1. The number of hydrogen-bond donors (Lipinski definition) is 1. The molecule has 108 valence electrons. The van der Waals surface area contributed by atoms with Gasteiger partial charge in [0.1, 0.15) is 14.9 Å². The normalized spacial score (nSPS) is 11.4. The van der Waals surface area contributed by atoms with Crippen LogP contribution in [0.4, 0.5) is 4.79 Å². The summed E-state index contributed by atoms with van der Waals surface area (Å²) in [5, 5.41) is 4.14. The van der Waals surface area contributed by atoms with Gasteiger partial charge in [-0.1, -0.05) is 11.6 Å². The molecule has 0 aliphatic rings. The van der Waals surface area contributed by atoms with Crippen LogP contribution in [0.3, 0.4) is 0 Å². The standard InChI is InChI=1S/C12H20ClN3O2S/c1-12(2,3)18-11(17)16(4)6-5-14-8-10-15-7-9(13)19-10/h7,14H,5-6,8H2,1-4H3. The number of nitrogens with one attached hydrogen (secondary N) is 1. The van der Waals surface area contributed by atoms with Gasteiger partial charge in [0.05, 0.1) is 6.20 Å². The van der Waals surface area contributed by atoms with Gasteiger partial charge in [0.25, 0.3) is 0 Å². The molecular formula is C12H20ClN3O2S. The zero-order valence-corrected chi connectivity index (χ0v) is 13.3. The SMILES string of the molecule is CN(CCNCc1ncc(Cl)s1)C(=O)OC(C)(C)C. The van der Waals surface area contributed by atoms with Crippen LogP contribution in [0.5, 0.6) is 0 Å². The van der Waals surface area contributed by atoms with E-state index in [0.717, 1.165) is 5.01 Å². The first kappa shape index (κ1) is 16.2. The van der Waals surface area contributed by atoms with E-state index in [2.05, 4.69) is 10.3 Å². The van der Waals surface area contributed by atoms with Gasteiger partial charge in [0.15, 0.2) is 0 Å². The minimum absolute atomic E-state index is 0.313. The molecule has 0 aromatic carbocycles. The molecule has 0 fully saturated rings. The topological polar surface area (TPSA) is 54.5 Å². The number of rotatable bonds is 5. The number of aromatic nitrogens is 1. The van der Waals surface area contributed by atoms with E-state index >= 15 is 0 Å². The number of hydrogen-bond acceptors (Lipinski definition) is 5. The molecule has 0 aliphatic heterocycles. The summed E-state index contributed by atoms with van der Waals surface area (Å²) in [7, 11) is 1.72. The molecule has 0 aliphatic carbocycles. The Kier molecular flexibility index (Phi) is 6.03. The molecule has 1 N–H and O–H groups in total. The van der Waals surface area contributed by atoms with Gasteiger partial charge >= 0.3 is 6.09 Å². The number of thiazole rings is 1. The highest BCUT2D eigenvalue weighted by atomic mass is 35.5. The van der Waals surface area contributed by atoms with Gasteiger partial charge in [-0.05, 0) is 20.8 Å². The molecule has 0 saturated heterocycles. The Hall–Kier alpha value is -0.850. The highest BCUT2D eigenvalue weighted by molar-refractivity contribution is 7.15. The summed E-state index contributed by atoms with van der Waals surface area (Å²) in [6.07, 6.45) is 1.32. The molecule has 19 heavy (non-hydrogen) atoms. The molecule has 5 nitrogen and oxygen atoms in total. The first-order valence-electron chi connectivity index (χ1n) is 6.03. The third-order valence-corrected chi connectivity index (χ3v) is 3.25. The van der Waals surface area contributed by atoms with Crippen LogP contribution >= 0.6 is 22.9 Å². The van der Waals surface area contributed by atoms with Crippen LogP contribution in [0.15, 0.2) is 6.20 Å². The average Bonchev–Trinajstić information content (AvgIpc) is 2.68. The molecule has 0 spiro atoms. The minimum Gasteiger partial charge on any atom is -0.444 e. The Labute approximate surface area is 122 Å². The molecule has 0 saturated carbocycles. The maximum Gasteiger partial charge on any atom is 0.410 e. The maximum absolute atomic E-state index is 11.7. The smallest absolute Gasteiger partial charge is 0.410 e. The van der Waals surface area contributed by atoms with E-state index < -0.39 is 5.60 Å². The van der Waals surface area contributed by atoms with Crippen LogP contribution in [0.25, 0.3) is 0 Å². The number of likely N-dealkylation sites (N-methyl/N-ethyl adjacent to an activating group) is 1. The summed E-state index contributed by atoms with van der Waals surface area (Å²) in [6.45, 7) is 7.45. The maximum atomic E-state index is 11.7. The second-order valence-corrected chi connectivity index (χ2v) is 6.88. The van der Waals surface area contributed by atoms with Crippen molar-refractivity contribution in [1.82, 2.24) is 15.2 Å². The number of halogens is 1. The molecular weight excluding hydrogens is 286 g/mol. The summed E-state index contributed by atoms with van der Waals surface area (Å²) >= 11 is 7.23. The van der Waals surface area contributed by atoms with Crippen molar-refractivity contribution < 1.29 is 9.53 Å². The van der Waals surface area contributed by atoms with Crippen LogP contribution in [-0.4, -0.2) is 41.7 Å². The first-order valence-corrected chi connectivity index (χ1v) is 7.22. The summed E-state index contributed by atoms with van der Waals surface area (Å²) in [5.41, 5.74) is -0.462. The molecule has 1 heterocycles. The van der Waals surface area contributed by atoms with Crippen molar-refractivity contribution >= 4 is 29.0 Å². The van der Waals surface area contributed by atoms with Crippen LogP contribution in [0.2, 0.25) is 4.34 Å². The first-order chi connectivity index (χ1) is 8.78. The van der Waals surface area contributed by atoms with E-state index in [-0.39, 0.29) is 6.09 Å². The quantitative estimate of drug-likeness (QED) is 0.850. The summed E-state index contributed by atoms with van der Waals surface area (Å²) in [5.74, 6) is 0. The number of amides is 1. The molecule has 0 bridgehead atoms. The van der Waals surface area contributed by atoms with Gasteiger partial charge < -0.3 is 15.0 Å². The monoisotopic (exact) mass is 305 g/mol. The van der Waals surface area contributed by atoms with Crippen molar-refractivity contribution in [2.45, 2.75) is 32.9 Å². The van der Waals surface area contributed by atoms with Gasteiger partial charge in [0.2, 0.25) is 0 Å². The second-order valence-electron chi connectivity index (χ2n) is 5.14. The van der Waals surface area contributed by atoms with E-state index in [9.17, 15) is 4.79 Å². The molecule has 0 radical (unpaired) electrons. The Morgan fingerprint density at radius 2 is 2.26 bits per heavy atom. The Morgan fingerprint density at radius 1 is 1.58 bits per heavy atom. The van der Waals surface area contributed by atoms with Crippen LogP contribution in [0, 0.1) is 0 Å². The van der Waals surface area contributed by atoms with Crippen molar-refractivity contribution in [2.24, 2.45) is 0 Å². The third-order valence-electron chi connectivity index (χ3n) is 2.13. The molecule has 0 atom stereocenters. The summed E-state index contributed by atoms with van der Waals surface area (Å²) in [4.78, 5) is 17.4. The van der Waals surface area contributed by atoms with Gasteiger partial charge in [0, 0.05) is 26.7 Å². The van der Waals surface area contributed by atoms with Crippen molar-refractivity contribution in [3.63, 3.8) is 0 Å². The lowest BCUT2D eigenvalue weighted by atomic mass is 10.2. The number of carbonyl (C=O) groups is 1. The Balaban J connectivity index is 2.20. The molecule has 7 heteroatoms. The highest BCUT2D eigenvalue weighted by Crippen LogP contribution is 2.17. The van der Waals surface area contributed by atoms with Gasteiger partial charge in [-0.3, -0.25) is 0 Å². The summed E-state index contributed by atoms with van der Waals surface area (Å²) < 4.78 is 5.93. The minimum atomic E-state index is -0.462. The van der Waals surface area contributed by atoms with E-state index in [1.165, 1.54) is 11.3 Å². The van der Waals surface area contributed by atoms with Crippen molar-refractivity contribution in [2.75, 3.05) is 20.1 Å². The zero-order chi connectivity index (χ0) is 14.5. The van der Waals surface area contributed by atoms with Gasteiger partial charge in [-0.2, -0.15) is 0 Å². The lowest BCUT2D eigenvalue weighted by Crippen LogP contribution is -2.37. The molecule has 0 unspecified atom stereocenters. The Morgan fingerprint density at radius 3 is 2.79 bits per heavy atom. The van der Waals surface area contributed by atoms with Gasteiger partial charge in [-0.15, -0.1) is 11.3 Å². The van der Waals surface area contributed by atoms with Crippen molar-refractivity contribution in [3.05, 3.63) is 15.5 Å². The van der Waals surface area contributed by atoms with Crippen molar-refractivity contribution in [1.29, 1.82) is 0 Å². The fourth-order valence-electron chi connectivity index (χ4n) is 1.24.